The minimum atomic E-state index is -0.287. The number of anilines is 1. The summed E-state index contributed by atoms with van der Waals surface area (Å²) in [5.41, 5.74) is 5.31. The first-order valence-electron chi connectivity index (χ1n) is 8.80. The molecule has 0 radical (unpaired) electrons. The lowest BCUT2D eigenvalue weighted by molar-refractivity contribution is 0.251. The zero-order valence-electron chi connectivity index (χ0n) is 15.2. The Hall–Kier alpha value is -3.38. The number of aromatic nitrogens is 3. The molecule has 2 amide bonds. The lowest BCUT2D eigenvalue weighted by atomic mass is 10.0. The molecule has 0 spiro atoms. The van der Waals surface area contributed by atoms with Gasteiger partial charge in [-0.3, -0.25) is 5.10 Å². The number of urea groups is 1. The van der Waals surface area contributed by atoms with Crippen molar-refractivity contribution in [1.82, 2.24) is 20.5 Å². The van der Waals surface area contributed by atoms with E-state index in [4.69, 9.17) is 11.6 Å². The number of hydrogen-bond donors (Lipinski definition) is 3. The smallest absolute Gasteiger partial charge is 0.319 e. The minimum absolute atomic E-state index is 0.287. The third-order valence-corrected chi connectivity index (χ3v) is 4.86. The zero-order valence-corrected chi connectivity index (χ0v) is 15.9. The van der Waals surface area contributed by atoms with Crippen LogP contribution in [0.5, 0.6) is 0 Å². The van der Waals surface area contributed by atoms with Gasteiger partial charge in [0.15, 0.2) is 5.65 Å². The molecule has 7 heteroatoms. The van der Waals surface area contributed by atoms with Gasteiger partial charge < -0.3 is 10.6 Å². The molecule has 28 heavy (non-hydrogen) atoms. The van der Waals surface area contributed by atoms with E-state index in [0.29, 0.717) is 17.3 Å². The van der Waals surface area contributed by atoms with E-state index < -0.39 is 0 Å². The number of halogens is 1. The van der Waals surface area contributed by atoms with Crippen molar-refractivity contribution in [1.29, 1.82) is 0 Å². The molecule has 0 aliphatic rings. The highest BCUT2D eigenvalue weighted by molar-refractivity contribution is 6.31. The number of fused-ring (bicyclic) bond motifs is 1. The maximum absolute atomic E-state index is 12.2. The number of carbonyl (C=O) groups is 1. The number of carbonyl (C=O) groups excluding carboxylic acids is 1. The van der Waals surface area contributed by atoms with Crippen molar-refractivity contribution in [3.05, 3.63) is 77.1 Å². The van der Waals surface area contributed by atoms with Crippen LogP contribution >= 0.6 is 11.6 Å². The second-order valence-corrected chi connectivity index (χ2v) is 6.77. The first-order valence-corrected chi connectivity index (χ1v) is 9.18. The Morgan fingerprint density at radius 3 is 2.68 bits per heavy atom. The molecule has 0 saturated heterocycles. The molecular formula is C21H18ClN5O. The number of aromatic amines is 1. The van der Waals surface area contributed by atoms with Gasteiger partial charge in [0.05, 0.1) is 5.69 Å². The molecule has 0 unspecified atom stereocenters. The summed E-state index contributed by atoms with van der Waals surface area (Å²) in [4.78, 5) is 16.5. The molecule has 0 fully saturated rings. The van der Waals surface area contributed by atoms with Crippen LogP contribution in [0.3, 0.4) is 0 Å². The van der Waals surface area contributed by atoms with Gasteiger partial charge in [-0.15, -0.1) is 0 Å². The second-order valence-electron chi connectivity index (χ2n) is 6.37. The number of pyridine rings is 1. The van der Waals surface area contributed by atoms with E-state index in [-0.39, 0.29) is 6.03 Å². The summed E-state index contributed by atoms with van der Waals surface area (Å²) in [6, 6.07) is 16.8. The molecular weight excluding hydrogens is 374 g/mol. The van der Waals surface area contributed by atoms with Crippen LogP contribution in [-0.2, 0) is 6.54 Å². The normalized spacial score (nSPS) is 10.8. The first-order chi connectivity index (χ1) is 13.6. The molecule has 0 bridgehead atoms. The number of hydrogen-bond acceptors (Lipinski definition) is 3. The second kappa shape index (κ2) is 7.70. The average molecular weight is 392 g/mol. The molecule has 0 atom stereocenters. The Labute approximate surface area is 167 Å². The predicted octanol–water partition coefficient (Wildman–Crippen LogP) is 4.91. The molecule has 140 valence electrons. The number of benzene rings is 2. The van der Waals surface area contributed by atoms with Crippen molar-refractivity contribution in [2.24, 2.45) is 0 Å². The third kappa shape index (κ3) is 3.68. The first kappa shape index (κ1) is 18.0. The Morgan fingerprint density at radius 2 is 1.89 bits per heavy atom. The SMILES string of the molecule is Cc1n[nH]c2nccc(-c3ccc(NC(=O)NCc4ccccc4Cl)cc3)c12. The van der Waals surface area contributed by atoms with E-state index in [0.717, 1.165) is 33.4 Å². The molecule has 2 aromatic heterocycles. The van der Waals surface area contributed by atoms with Gasteiger partial charge in [0, 0.05) is 28.8 Å². The van der Waals surface area contributed by atoms with Gasteiger partial charge in [0.25, 0.3) is 0 Å². The van der Waals surface area contributed by atoms with Gasteiger partial charge in [0.2, 0.25) is 0 Å². The van der Waals surface area contributed by atoms with Crippen molar-refractivity contribution in [3.8, 4) is 11.1 Å². The summed E-state index contributed by atoms with van der Waals surface area (Å²) in [5.74, 6) is 0. The Kier molecular flexibility index (Phi) is 4.95. The standard InChI is InChI=1S/C21H18ClN5O/c1-13-19-17(10-11-23-20(19)27-26-13)14-6-8-16(9-7-14)25-21(28)24-12-15-4-2-3-5-18(15)22/h2-11H,12H2,1H3,(H,23,26,27)(H2,24,25,28). The molecule has 0 aliphatic heterocycles. The summed E-state index contributed by atoms with van der Waals surface area (Å²) in [7, 11) is 0. The highest BCUT2D eigenvalue weighted by atomic mass is 35.5. The van der Waals surface area contributed by atoms with Crippen LogP contribution in [0.4, 0.5) is 10.5 Å². The molecule has 4 aromatic rings. The number of aryl methyl sites for hydroxylation is 1. The fourth-order valence-corrected chi connectivity index (χ4v) is 3.27. The molecule has 6 nitrogen and oxygen atoms in total. The van der Waals surface area contributed by atoms with Crippen molar-refractivity contribution in [3.63, 3.8) is 0 Å². The van der Waals surface area contributed by atoms with Crippen LogP contribution in [0.25, 0.3) is 22.2 Å². The predicted molar refractivity (Wildman–Crippen MR) is 111 cm³/mol. The lowest BCUT2D eigenvalue weighted by Crippen LogP contribution is -2.28. The number of nitrogens with one attached hydrogen (secondary N) is 3. The van der Waals surface area contributed by atoms with Crippen LogP contribution in [0.2, 0.25) is 5.02 Å². The number of nitrogens with zero attached hydrogens (tertiary/aromatic N) is 2. The van der Waals surface area contributed by atoms with E-state index in [1.54, 1.807) is 12.3 Å². The van der Waals surface area contributed by atoms with Gasteiger partial charge >= 0.3 is 6.03 Å². The average Bonchev–Trinajstić information content (AvgIpc) is 3.09. The number of H-pyrrole nitrogens is 1. The highest BCUT2D eigenvalue weighted by Crippen LogP contribution is 2.29. The maximum atomic E-state index is 12.2. The molecule has 4 rings (SSSR count). The molecule has 2 aromatic carbocycles. The van der Waals surface area contributed by atoms with Crippen molar-refractivity contribution in [2.45, 2.75) is 13.5 Å². The van der Waals surface area contributed by atoms with Gasteiger partial charge in [-0.25, -0.2) is 9.78 Å². The largest absolute Gasteiger partial charge is 0.334 e. The molecule has 0 saturated carbocycles. The van der Waals surface area contributed by atoms with Crippen LogP contribution < -0.4 is 10.6 Å². The van der Waals surface area contributed by atoms with Crippen molar-refractivity contribution in [2.75, 3.05) is 5.32 Å². The van der Waals surface area contributed by atoms with E-state index in [2.05, 4.69) is 25.8 Å². The van der Waals surface area contributed by atoms with Crippen molar-refractivity contribution >= 4 is 34.4 Å². The molecule has 2 heterocycles. The highest BCUT2D eigenvalue weighted by Gasteiger charge is 2.10. The Morgan fingerprint density at radius 1 is 1.11 bits per heavy atom. The zero-order chi connectivity index (χ0) is 19.5. The van der Waals surface area contributed by atoms with E-state index in [1.807, 2.05) is 55.5 Å². The van der Waals surface area contributed by atoms with Gasteiger partial charge in [0.1, 0.15) is 0 Å². The van der Waals surface area contributed by atoms with E-state index in [9.17, 15) is 4.79 Å². The summed E-state index contributed by atoms with van der Waals surface area (Å²) >= 11 is 6.11. The summed E-state index contributed by atoms with van der Waals surface area (Å²) in [6.45, 7) is 2.31. The van der Waals surface area contributed by atoms with Gasteiger partial charge in [-0.2, -0.15) is 5.10 Å². The monoisotopic (exact) mass is 391 g/mol. The summed E-state index contributed by atoms with van der Waals surface area (Å²) in [6.07, 6.45) is 1.75. The topological polar surface area (TPSA) is 82.7 Å². The molecule has 3 N–H and O–H groups in total. The lowest BCUT2D eigenvalue weighted by Gasteiger charge is -2.10. The quantitative estimate of drug-likeness (QED) is 0.462. The van der Waals surface area contributed by atoms with Gasteiger partial charge in [-0.1, -0.05) is 41.9 Å². The fourth-order valence-electron chi connectivity index (χ4n) is 3.07. The third-order valence-electron chi connectivity index (χ3n) is 4.49. The number of amides is 2. The van der Waals surface area contributed by atoms with Crippen LogP contribution in [0.15, 0.2) is 60.8 Å². The summed E-state index contributed by atoms with van der Waals surface area (Å²) < 4.78 is 0. The fraction of sp³-hybridized carbons (Fsp3) is 0.0952. The van der Waals surface area contributed by atoms with Crippen LogP contribution in [0.1, 0.15) is 11.3 Å². The van der Waals surface area contributed by atoms with Crippen molar-refractivity contribution < 1.29 is 4.79 Å². The minimum Gasteiger partial charge on any atom is -0.334 e. The Balaban J connectivity index is 1.45. The summed E-state index contributed by atoms with van der Waals surface area (Å²) in [5, 5.41) is 14.4. The van der Waals surface area contributed by atoms with E-state index >= 15 is 0 Å². The number of rotatable bonds is 4. The molecule has 0 aliphatic carbocycles. The van der Waals surface area contributed by atoms with Crippen LogP contribution in [-0.4, -0.2) is 21.2 Å². The Bertz CT molecular complexity index is 1140. The van der Waals surface area contributed by atoms with Gasteiger partial charge in [-0.05, 0) is 47.9 Å². The maximum Gasteiger partial charge on any atom is 0.319 e. The van der Waals surface area contributed by atoms with E-state index in [1.165, 1.54) is 0 Å². The van der Waals surface area contributed by atoms with Crippen LogP contribution in [0, 0.1) is 6.92 Å².